The molecule has 0 aromatic rings. The van der Waals surface area contributed by atoms with Crippen molar-refractivity contribution in [2.24, 2.45) is 5.92 Å². The Morgan fingerprint density at radius 1 is 1.19 bits per heavy atom. The van der Waals surface area contributed by atoms with Crippen molar-refractivity contribution in [2.45, 2.75) is 37.4 Å². The Morgan fingerprint density at radius 3 is 2.31 bits per heavy atom. The number of rotatable bonds is 5. The summed E-state index contributed by atoms with van der Waals surface area (Å²) in [6.45, 7) is 2.53. The molecule has 1 saturated heterocycles. The van der Waals surface area contributed by atoms with Crippen molar-refractivity contribution in [1.82, 2.24) is 9.62 Å². The minimum atomic E-state index is -2.92. The topological polar surface area (TPSA) is 49.4 Å². The number of hydrogen-bond donors (Lipinski definition) is 1. The van der Waals surface area contributed by atoms with Gasteiger partial charge >= 0.3 is 0 Å². The quantitative estimate of drug-likeness (QED) is 0.780. The molecule has 0 aromatic carbocycles. The predicted molar refractivity (Wildman–Crippen MR) is 64.8 cm³/mol. The van der Waals surface area contributed by atoms with Crippen LogP contribution >= 0.6 is 0 Å². The SMILES string of the molecule is CNCCC1CCN(S(=O)(=O)C2CC2)CC1. The third-order valence-corrected chi connectivity index (χ3v) is 6.08. The molecule has 4 nitrogen and oxygen atoms in total. The lowest BCUT2D eigenvalue weighted by molar-refractivity contribution is 0.263. The Balaban J connectivity index is 1.80. The van der Waals surface area contributed by atoms with Gasteiger partial charge in [-0.1, -0.05) is 0 Å². The summed E-state index contributed by atoms with van der Waals surface area (Å²) in [6.07, 6.45) is 5.00. The zero-order valence-corrected chi connectivity index (χ0v) is 10.8. The van der Waals surface area contributed by atoms with Gasteiger partial charge in [-0.3, -0.25) is 0 Å². The first-order chi connectivity index (χ1) is 7.64. The molecule has 2 rings (SSSR count). The first kappa shape index (κ1) is 12.3. The Hall–Kier alpha value is -0.130. The molecule has 0 spiro atoms. The number of sulfonamides is 1. The maximum Gasteiger partial charge on any atom is 0.216 e. The van der Waals surface area contributed by atoms with Crippen LogP contribution in [-0.2, 0) is 10.0 Å². The van der Waals surface area contributed by atoms with Crippen LogP contribution in [0.3, 0.4) is 0 Å². The van der Waals surface area contributed by atoms with E-state index in [-0.39, 0.29) is 5.25 Å². The normalized spacial score (nSPS) is 24.8. The fraction of sp³-hybridized carbons (Fsp3) is 1.00. The predicted octanol–water partition coefficient (Wildman–Crippen LogP) is 0.800. The lowest BCUT2D eigenvalue weighted by Gasteiger charge is -2.31. The van der Waals surface area contributed by atoms with Gasteiger partial charge < -0.3 is 5.32 Å². The highest BCUT2D eigenvalue weighted by atomic mass is 32.2. The van der Waals surface area contributed by atoms with Gasteiger partial charge in [-0.2, -0.15) is 0 Å². The van der Waals surface area contributed by atoms with Crippen molar-refractivity contribution in [1.29, 1.82) is 0 Å². The zero-order valence-electron chi connectivity index (χ0n) is 9.98. The van der Waals surface area contributed by atoms with Gasteiger partial charge in [0.2, 0.25) is 10.0 Å². The number of piperidine rings is 1. The fourth-order valence-corrected chi connectivity index (χ4v) is 4.25. The van der Waals surface area contributed by atoms with E-state index in [1.807, 2.05) is 7.05 Å². The van der Waals surface area contributed by atoms with Crippen molar-refractivity contribution in [3.8, 4) is 0 Å². The van der Waals surface area contributed by atoms with Crippen LogP contribution in [0.1, 0.15) is 32.1 Å². The van der Waals surface area contributed by atoms with Crippen molar-refractivity contribution in [2.75, 3.05) is 26.7 Å². The van der Waals surface area contributed by atoms with Gasteiger partial charge in [-0.05, 0) is 51.6 Å². The zero-order chi connectivity index (χ0) is 11.6. The van der Waals surface area contributed by atoms with E-state index in [0.29, 0.717) is 5.92 Å². The highest BCUT2D eigenvalue weighted by molar-refractivity contribution is 7.90. The number of nitrogens with zero attached hydrogens (tertiary/aromatic N) is 1. The second-order valence-corrected chi connectivity index (χ2v) is 7.19. The Bertz CT molecular complexity index is 317. The van der Waals surface area contributed by atoms with Gasteiger partial charge in [-0.25, -0.2) is 12.7 Å². The van der Waals surface area contributed by atoms with E-state index in [0.717, 1.165) is 45.3 Å². The molecule has 5 heteroatoms. The van der Waals surface area contributed by atoms with E-state index in [2.05, 4.69) is 5.32 Å². The van der Waals surface area contributed by atoms with Gasteiger partial charge in [0.1, 0.15) is 0 Å². The smallest absolute Gasteiger partial charge is 0.216 e. The van der Waals surface area contributed by atoms with Crippen LogP contribution < -0.4 is 5.32 Å². The molecular weight excluding hydrogens is 224 g/mol. The average Bonchev–Trinajstić information content (AvgIpc) is 3.11. The molecule has 2 fully saturated rings. The van der Waals surface area contributed by atoms with Crippen molar-refractivity contribution in [3.63, 3.8) is 0 Å². The van der Waals surface area contributed by atoms with Crippen molar-refractivity contribution < 1.29 is 8.42 Å². The molecule has 0 atom stereocenters. The monoisotopic (exact) mass is 246 g/mol. The van der Waals surface area contributed by atoms with E-state index in [4.69, 9.17) is 0 Å². The van der Waals surface area contributed by atoms with Crippen LogP contribution in [0.25, 0.3) is 0 Å². The molecule has 0 unspecified atom stereocenters. The van der Waals surface area contributed by atoms with E-state index in [1.54, 1.807) is 4.31 Å². The second kappa shape index (κ2) is 5.02. The van der Waals surface area contributed by atoms with E-state index >= 15 is 0 Å². The average molecular weight is 246 g/mol. The number of nitrogens with one attached hydrogen (secondary N) is 1. The van der Waals surface area contributed by atoms with Gasteiger partial charge in [0.05, 0.1) is 5.25 Å². The molecule has 0 amide bonds. The lowest BCUT2D eigenvalue weighted by Crippen LogP contribution is -2.40. The van der Waals surface area contributed by atoms with E-state index in [9.17, 15) is 8.42 Å². The van der Waals surface area contributed by atoms with Gasteiger partial charge in [0.15, 0.2) is 0 Å². The highest BCUT2D eigenvalue weighted by Gasteiger charge is 2.40. The summed E-state index contributed by atoms with van der Waals surface area (Å²) in [4.78, 5) is 0. The summed E-state index contributed by atoms with van der Waals surface area (Å²) in [5.74, 6) is 0.707. The molecule has 1 aliphatic heterocycles. The Labute approximate surface area is 98.4 Å². The maximum absolute atomic E-state index is 12.0. The second-order valence-electron chi connectivity index (χ2n) is 4.98. The third kappa shape index (κ3) is 2.76. The molecule has 94 valence electrons. The molecule has 0 aromatic heterocycles. The first-order valence-corrected chi connectivity index (χ1v) is 7.78. The van der Waals surface area contributed by atoms with Crippen LogP contribution in [0.5, 0.6) is 0 Å². The molecule has 0 radical (unpaired) electrons. The molecular formula is C11H22N2O2S. The molecule has 1 aliphatic carbocycles. The summed E-state index contributed by atoms with van der Waals surface area (Å²) in [5, 5.41) is 3.11. The molecule has 1 heterocycles. The summed E-state index contributed by atoms with van der Waals surface area (Å²) in [6, 6.07) is 0. The minimum absolute atomic E-state index is 0.0404. The van der Waals surface area contributed by atoms with E-state index in [1.165, 1.54) is 6.42 Å². The summed E-state index contributed by atoms with van der Waals surface area (Å²) in [5.41, 5.74) is 0. The number of hydrogen-bond acceptors (Lipinski definition) is 3. The molecule has 1 N–H and O–H groups in total. The van der Waals surface area contributed by atoms with Gasteiger partial charge in [0.25, 0.3) is 0 Å². The summed E-state index contributed by atoms with van der Waals surface area (Å²) < 4.78 is 25.7. The van der Waals surface area contributed by atoms with Crippen molar-refractivity contribution in [3.05, 3.63) is 0 Å². The maximum atomic E-state index is 12.0. The van der Waals surface area contributed by atoms with Crippen LogP contribution in [0, 0.1) is 5.92 Å². The Morgan fingerprint density at radius 2 is 1.81 bits per heavy atom. The van der Waals surface area contributed by atoms with Gasteiger partial charge in [-0.15, -0.1) is 0 Å². The van der Waals surface area contributed by atoms with Crippen LogP contribution in [0.15, 0.2) is 0 Å². The molecule has 1 saturated carbocycles. The van der Waals surface area contributed by atoms with Crippen LogP contribution in [0.2, 0.25) is 0 Å². The molecule has 2 aliphatic rings. The van der Waals surface area contributed by atoms with E-state index < -0.39 is 10.0 Å². The summed E-state index contributed by atoms with van der Waals surface area (Å²) in [7, 11) is -0.950. The van der Waals surface area contributed by atoms with Crippen LogP contribution in [-0.4, -0.2) is 44.7 Å². The standard InChI is InChI=1S/C11H22N2O2S/c1-12-7-4-10-5-8-13(9-6-10)16(14,15)11-2-3-11/h10-12H,2-9H2,1H3. The minimum Gasteiger partial charge on any atom is -0.320 e. The van der Waals surface area contributed by atoms with Crippen molar-refractivity contribution >= 4 is 10.0 Å². The first-order valence-electron chi connectivity index (χ1n) is 6.28. The third-order valence-electron chi connectivity index (χ3n) is 3.68. The Kier molecular flexibility index (Phi) is 3.87. The summed E-state index contributed by atoms with van der Waals surface area (Å²) >= 11 is 0. The largest absolute Gasteiger partial charge is 0.320 e. The molecule has 16 heavy (non-hydrogen) atoms. The van der Waals surface area contributed by atoms with Crippen LogP contribution in [0.4, 0.5) is 0 Å². The highest BCUT2D eigenvalue weighted by Crippen LogP contribution is 2.33. The molecule has 0 bridgehead atoms. The van der Waals surface area contributed by atoms with Gasteiger partial charge in [0, 0.05) is 13.1 Å². The lowest BCUT2D eigenvalue weighted by atomic mass is 9.95. The fourth-order valence-electron chi connectivity index (χ4n) is 2.38.